The first-order valence-corrected chi connectivity index (χ1v) is 6.76. The smallest absolute Gasteiger partial charge is 0.338 e. The zero-order chi connectivity index (χ0) is 16.0. The summed E-state index contributed by atoms with van der Waals surface area (Å²) in [5.74, 6) is -1.23. The highest BCUT2D eigenvalue weighted by Crippen LogP contribution is 2.32. The van der Waals surface area contributed by atoms with E-state index in [1.165, 1.54) is 18.2 Å². The summed E-state index contributed by atoms with van der Waals surface area (Å²) >= 11 is 0. The van der Waals surface area contributed by atoms with Gasteiger partial charge in [-0.2, -0.15) is 0 Å². The molecule has 1 aromatic carbocycles. The van der Waals surface area contributed by atoms with Gasteiger partial charge in [0.05, 0.1) is 17.1 Å². The fourth-order valence-corrected chi connectivity index (χ4v) is 2.11. The number of carboxylic acid groups (broad SMARTS) is 1. The molecule has 0 saturated heterocycles. The maximum Gasteiger partial charge on any atom is 0.338 e. The van der Waals surface area contributed by atoms with Crippen LogP contribution in [0, 0.1) is 15.5 Å². The van der Waals surface area contributed by atoms with Crippen LogP contribution in [0.4, 0.5) is 11.4 Å². The largest absolute Gasteiger partial charge is 0.478 e. The molecule has 1 aromatic rings. The highest BCUT2D eigenvalue weighted by Gasteiger charge is 2.28. The van der Waals surface area contributed by atoms with Gasteiger partial charge in [0.15, 0.2) is 0 Å². The molecule has 116 valence electrons. The van der Waals surface area contributed by atoms with Crippen LogP contribution in [0.25, 0.3) is 0 Å². The van der Waals surface area contributed by atoms with E-state index in [9.17, 15) is 20.0 Å². The van der Waals surface area contributed by atoms with Gasteiger partial charge in [0.1, 0.15) is 5.69 Å². The molecule has 0 amide bonds. The topological polar surface area (TPSA) is 113 Å². The molecule has 7 heteroatoms. The number of hydrogen-bond acceptors (Lipinski definition) is 5. The molecule has 1 rings (SSSR count). The van der Waals surface area contributed by atoms with Crippen LogP contribution in [-0.4, -0.2) is 34.3 Å². The summed E-state index contributed by atoms with van der Waals surface area (Å²) in [6.07, 6.45) is 1.35. The molecule has 0 aromatic heterocycles. The SMILES string of the molecule is CCC(CC)(CO)CNc1c(C(=O)O)cccc1[N+](=O)[O-]. The first-order valence-electron chi connectivity index (χ1n) is 6.76. The molecule has 0 bridgehead atoms. The van der Waals surface area contributed by atoms with Crippen molar-refractivity contribution >= 4 is 17.3 Å². The van der Waals surface area contributed by atoms with Gasteiger partial charge in [0.25, 0.3) is 5.69 Å². The van der Waals surface area contributed by atoms with E-state index >= 15 is 0 Å². The van der Waals surface area contributed by atoms with Gasteiger partial charge in [-0.05, 0) is 18.9 Å². The minimum absolute atomic E-state index is 0.0188. The van der Waals surface area contributed by atoms with Crippen LogP contribution >= 0.6 is 0 Å². The number of hydrogen-bond donors (Lipinski definition) is 3. The molecule has 0 saturated carbocycles. The summed E-state index contributed by atoms with van der Waals surface area (Å²) in [6, 6.07) is 3.91. The van der Waals surface area contributed by atoms with E-state index in [0.717, 1.165) is 0 Å². The number of aromatic carboxylic acids is 1. The van der Waals surface area contributed by atoms with Gasteiger partial charge in [0, 0.05) is 18.0 Å². The Balaban J connectivity index is 3.17. The van der Waals surface area contributed by atoms with Crippen molar-refractivity contribution in [2.45, 2.75) is 26.7 Å². The lowest BCUT2D eigenvalue weighted by molar-refractivity contribution is -0.384. The summed E-state index contributed by atoms with van der Waals surface area (Å²) in [4.78, 5) is 21.7. The molecule has 0 heterocycles. The average molecular weight is 296 g/mol. The number of carboxylic acids is 1. The summed E-state index contributed by atoms with van der Waals surface area (Å²) in [6.45, 7) is 4.02. The van der Waals surface area contributed by atoms with Gasteiger partial charge in [-0.1, -0.05) is 19.9 Å². The van der Waals surface area contributed by atoms with Gasteiger partial charge in [-0.25, -0.2) is 4.79 Å². The third-order valence-electron chi connectivity index (χ3n) is 3.95. The molecular formula is C14H20N2O5. The minimum Gasteiger partial charge on any atom is -0.478 e. The van der Waals surface area contributed by atoms with Crippen LogP contribution in [-0.2, 0) is 0 Å². The van der Waals surface area contributed by atoms with Crippen molar-refractivity contribution in [2.24, 2.45) is 5.41 Å². The Morgan fingerprint density at radius 3 is 2.43 bits per heavy atom. The summed E-state index contributed by atoms with van der Waals surface area (Å²) in [7, 11) is 0. The second kappa shape index (κ2) is 7.03. The molecule has 0 aliphatic rings. The predicted octanol–water partition coefficient (Wildman–Crippen LogP) is 2.50. The fraction of sp³-hybridized carbons (Fsp3) is 0.500. The van der Waals surface area contributed by atoms with Gasteiger partial charge in [-0.15, -0.1) is 0 Å². The van der Waals surface area contributed by atoms with Gasteiger partial charge in [0.2, 0.25) is 0 Å². The number of aliphatic hydroxyl groups is 1. The van der Waals surface area contributed by atoms with Crippen molar-refractivity contribution in [3.05, 3.63) is 33.9 Å². The third kappa shape index (κ3) is 3.69. The second-order valence-corrected chi connectivity index (χ2v) is 4.98. The van der Waals surface area contributed by atoms with Crippen LogP contribution in [0.1, 0.15) is 37.0 Å². The van der Waals surface area contributed by atoms with E-state index in [2.05, 4.69) is 5.32 Å². The predicted molar refractivity (Wildman–Crippen MR) is 78.6 cm³/mol. The van der Waals surface area contributed by atoms with E-state index in [1.54, 1.807) is 0 Å². The highest BCUT2D eigenvalue weighted by atomic mass is 16.6. The monoisotopic (exact) mass is 296 g/mol. The molecule has 0 radical (unpaired) electrons. The fourth-order valence-electron chi connectivity index (χ4n) is 2.11. The molecule has 0 atom stereocenters. The summed E-state index contributed by atoms with van der Waals surface area (Å²) in [5.41, 5.74) is -0.883. The number of nitro groups is 1. The lowest BCUT2D eigenvalue weighted by atomic mass is 9.83. The van der Waals surface area contributed by atoms with E-state index in [0.29, 0.717) is 12.8 Å². The van der Waals surface area contributed by atoms with Crippen LogP contribution in [0.15, 0.2) is 18.2 Å². The maximum atomic E-state index is 11.2. The number of rotatable bonds is 8. The molecule has 21 heavy (non-hydrogen) atoms. The first kappa shape index (κ1) is 16.9. The Kier molecular flexibility index (Phi) is 5.66. The first-order chi connectivity index (χ1) is 9.90. The number of para-hydroxylation sites is 1. The molecule has 3 N–H and O–H groups in total. The Bertz CT molecular complexity index is 486. The molecular weight excluding hydrogens is 276 g/mol. The molecule has 0 aliphatic heterocycles. The standard InChI is InChI=1S/C14H20N2O5/c1-3-14(4-2,9-17)8-15-12-10(13(18)19)6-5-7-11(12)16(20)21/h5-7,15,17H,3-4,8-9H2,1-2H3,(H,18,19). The summed E-state index contributed by atoms with van der Waals surface area (Å²) in [5, 5.41) is 32.6. The Morgan fingerprint density at radius 2 is 2.00 bits per heavy atom. The molecule has 0 unspecified atom stereocenters. The van der Waals surface area contributed by atoms with Crippen LogP contribution < -0.4 is 5.32 Å². The van der Waals surface area contributed by atoms with E-state index in [1.807, 2.05) is 13.8 Å². The average Bonchev–Trinajstić information content (AvgIpc) is 2.48. The Morgan fingerprint density at radius 1 is 1.38 bits per heavy atom. The number of carbonyl (C=O) groups is 1. The zero-order valence-corrected chi connectivity index (χ0v) is 12.1. The van der Waals surface area contributed by atoms with Crippen molar-refractivity contribution in [3.63, 3.8) is 0 Å². The molecule has 7 nitrogen and oxygen atoms in total. The van der Waals surface area contributed by atoms with Gasteiger partial charge >= 0.3 is 5.97 Å². The Labute approximate surface area is 122 Å². The molecule has 0 fully saturated rings. The van der Waals surface area contributed by atoms with E-state index < -0.39 is 16.3 Å². The van der Waals surface area contributed by atoms with E-state index in [4.69, 9.17) is 5.11 Å². The lowest BCUT2D eigenvalue weighted by Gasteiger charge is -2.30. The third-order valence-corrected chi connectivity index (χ3v) is 3.95. The van der Waals surface area contributed by atoms with Gasteiger partial charge in [-0.3, -0.25) is 10.1 Å². The minimum atomic E-state index is -1.23. The van der Waals surface area contributed by atoms with Crippen molar-refractivity contribution in [2.75, 3.05) is 18.5 Å². The number of aliphatic hydroxyl groups excluding tert-OH is 1. The van der Waals surface area contributed by atoms with Crippen molar-refractivity contribution in [1.82, 2.24) is 0 Å². The lowest BCUT2D eigenvalue weighted by Crippen LogP contribution is -2.32. The normalized spacial score (nSPS) is 11.2. The van der Waals surface area contributed by atoms with Crippen molar-refractivity contribution < 1.29 is 19.9 Å². The Hall–Kier alpha value is -2.15. The van der Waals surface area contributed by atoms with Gasteiger partial charge < -0.3 is 15.5 Å². The molecule has 0 aliphatic carbocycles. The number of nitrogens with zero attached hydrogens (tertiary/aromatic N) is 1. The quantitative estimate of drug-likeness (QED) is 0.502. The zero-order valence-electron chi connectivity index (χ0n) is 12.1. The maximum absolute atomic E-state index is 11.2. The van der Waals surface area contributed by atoms with Crippen LogP contribution in [0.2, 0.25) is 0 Å². The van der Waals surface area contributed by atoms with E-state index in [-0.39, 0.29) is 30.1 Å². The number of nitrogens with one attached hydrogen (secondary N) is 1. The van der Waals surface area contributed by atoms with Crippen LogP contribution in [0.5, 0.6) is 0 Å². The number of anilines is 1. The highest BCUT2D eigenvalue weighted by molar-refractivity contribution is 5.96. The van der Waals surface area contributed by atoms with Crippen molar-refractivity contribution in [1.29, 1.82) is 0 Å². The van der Waals surface area contributed by atoms with Crippen molar-refractivity contribution in [3.8, 4) is 0 Å². The van der Waals surface area contributed by atoms with Crippen LogP contribution in [0.3, 0.4) is 0 Å². The second-order valence-electron chi connectivity index (χ2n) is 4.98. The number of benzene rings is 1. The molecule has 0 spiro atoms. The number of nitro benzene ring substituents is 1. The summed E-state index contributed by atoms with van der Waals surface area (Å²) < 4.78 is 0.